The summed E-state index contributed by atoms with van der Waals surface area (Å²) >= 11 is 0. The molecule has 86 valence electrons. The molecule has 3 heteroatoms. The molecule has 3 nitrogen and oxygen atoms in total. The van der Waals surface area contributed by atoms with Crippen LogP contribution in [-0.2, 0) is 4.79 Å². The topological polar surface area (TPSA) is 46.3 Å². The molecule has 1 heterocycles. The molecule has 1 amide bonds. The van der Waals surface area contributed by atoms with Crippen molar-refractivity contribution < 1.29 is 4.79 Å². The van der Waals surface area contributed by atoms with Crippen LogP contribution in [0.5, 0.6) is 0 Å². The minimum absolute atomic E-state index is 0.139. The van der Waals surface area contributed by atoms with Gasteiger partial charge in [-0.25, -0.2) is 0 Å². The van der Waals surface area contributed by atoms with Crippen LogP contribution >= 0.6 is 0 Å². The summed E-state index contributed by atoms with van der Waals surface area (Å²) in [7, 11) is 0. The van der Waals surface area contributed by atoms with E-state index >= 15 is 0 Å². The number of carbonyl (C=O) groups excluding carboxylic acids is 1. The van der Waals surface area contributed by atoms with E-state index in [1.807, 2.05) is 4.90 Å². The van der Waals surface area contributed by atoms with Gasteiger partial charge in [-0.15, -0.1) is 0 Å². The lowest BCUT2D eigenvalue weighted by Crippen LogP contribution is -2.52. The summed E-state index contributed by atoms with van der Waals surface area (Å²) in [5.41, 5.74) is 5.91. The minimum Gasteiger partial charge on any atom is -0.336 e. The van der Waals surface area contributed by atoms with Gasteiger partial charge in [-0.05, 0) is 33.1 Å². The third kappa shape index (κ3) is 1.78. The Bertz CT molecular complexity index is 256. The maximum absolute atomic E-state index is 12.3. The number of nitrogens with zero attached hydrogens (tertiary/aromatic N) is 1. The summed E-state index contributed by atoms with van der Waals surface area (Å²) in [4.78, 5) is 14.3. The largest absolute Gasteiger partial charge is 0.336 e. The highest BCUT2D eigenvalue weighted by atomic mass is 16.2. The van der Waals surface area contributed by atoms with E-state index in [0.717, 1.165) is 25.8 Å². The SMILES string of the molecule is CC1(C)C(N)CCN1C(=O)C1CCCC1. The molecular weight excluding hydrogens is 188 g/mol. The van der Waals surface area contributed by atoms with Gasteiger partial charge in [0.05, 0.1) is 5.54 Å². The highest BCUT2D eigenvalue weighted by Crippen LogP contribution is 2.33. The lowest BCUT2D eigenvalue weighted by molar-refractivity contribution is -0.138. The Kier molecular flexibility index (Phi) is 2.75. The standard InChI is InChI=1S/C12H22N2O/c1-12(2)10(13)7-8-14(12)11(15)9-5-3-4-6-9/h9-10H,3-8,13H2,1-2H3. The predicted molar refractivity (Wildman–Crippen MR) is 60.3 cm³/mol. The minimum atomic E-state index is -0.139. The van der Waals surface area contributed by atoms with Crippen molar-refractivity contribution in [3.05, 3.63) is 0 Å². The van der Waals surface area contributed by atoms with Crippen LogP contribution in [-0.4, -0.2) is 28.9 Å². The summed E-state index contributed by atoms with van der Waals surface area (Å²) in [6.07, 6.45) is 5.56. The van der Waals surface area contributed by atoms with E-state index in [2.05, 4.69) is 13.8 Å². The first kappa shape index (κ1) is 10.9. The van der Waals surface area contributed by atoms with Gasteiger partial charge in [0, 0.05) is 18.5 Å². The smallest absolute Gasteiger partial charge is 0.226 e. The first-order valence-electron chi connectivity index (χ1n) is 6.10. The molecule has 1 unspecified atom stereocenters. The molecule has 2 aliphatic rings. The van der Waals surface area contributed by atoms with Crippen molar-refractivity contribution in [2.24, 2.45) is 11.7 Å². The van der Waals surface area contributed by atoms with E-state index in [1.165, 1.54) is 12.8 Å². The van der Waals surface area contributed by atoms with Crippen molar-refractivity contribution in [2.45, 2.75) is 57.5 Å². The van der Waals surface area contributed by atoms with Crippen molar-refractivity contribution in [2.75, 3.05) is 6.54 Å². The molecule has 0 aromatic carbocycles. The van der Waals surface area contributed by atoms with Crippen molar-refractivity contribution in [1.82, 2.24) is 4.90 Å². The molecule has 0 radical (unpaired) electrons. The van der Waals surface area contributed by atoms with E-state index in [0.29, 0.717) is 5.91 Å². The highest BCUT2D eigenvalue weighted by Gasteiger charge is 2.43. The van der Waals surface area contributed by atoms with Crippen molar-refractivity contribution in [3.63, 3.8) is 0 Å². The molecule has 0 aromatic rings. The third-order valence-electron chi connectivity index (χ3n) is 4.24. The van der Waals surface area contributed by atoms with Gasteiger partial charge < -0.3 is 10.6 Å². The maximum atomic E-state index is 12.3. The predicted octanol–water partition coefficient (Wildman–Crippen LogP) is 1.51. The molecule has 0 aromatic heterocycles. The van der Waals surface area contributed by atoms with Crippen LogP contribution in [0.1, 0.15) is 46.0 Å². The second-order valence-electron chi connectivity index (χ2n) is 5.52. The number of amides is 1. The molecule has 1 saturated heterocycles. The lowest BCUT2D eigenvalue weighted by Gasteiger charge is -2.36. The normalized spacial score (nSPS) is 31.1. The van der Waals surface area contributed by atoms with Crippen LogP contribution < -0.4 is 5.73 Å². The zero-order valence-corrected chi connectivity index (χ0v) is 9.83. The molecule has 1 aliphatic carbocycles. The van der Waals surface area contributed by atoms with Gasteiger partial charge in [0.15, 0.2) is 0 Å². The first-order valence-corrected chi connectivity index (χ1v) is 6.10. The van der Waals surface area contributed by atoms with Crippen LogP contribution in [0.4, 0.5) is 0 Å². The van der Waals surface area contributed by atoms with E-state index in [4.69, 9.17) is 5.73 Å². The Balaban J connectivity index is 2.07. The molecule has 1 saturated carbocycles. The molecular formula is C12H22N2O. The fourth-order valence-electron chi connectivity index (χ4n) is 2.90. The van der Waals surface area contributed by atoms with E-state index < -0.39 is 0 Å². The van der Waals surface area contributed by atoms with E-state index in [-0.39, 0.29) is 17.5 Å². The van der Waals surface area contributed by atoms with Gasteiger partial charge in [-0.2, -0.15) is 0 Å². The van der Waals surface area contributed by atoms with Crippen LogP contribution in [0.2, 0.25) is 0 Å². The summed E-state index contributed by atoms with van der Waals surface area (Å²) in [6, 6.07) is 0.142. The molecule has 0 spiro atoms. The Labute approximate surface area is 92.0 Å². The Morgan fingerprint density at radius 2 is 1.87 bits per heavy atom. The number of likely N-dealkylation sites (tertiary alicyclic amines) is 1. The third-order valence-corrected chi connectivity index (χ3v) is 4.24. The fraction of sp³-hybridized carbons (Fsp3) is 0.917. The van der Waals surface area contributed by atoms with E-state index in [9.17, 15) is 4.79 Å². The van der Waals surface area contributed by atoms with Crippen LogP contribution in [0.3, 0.4) is 0 Å². The quantitative estimate of drug-likeness (QED) is 0.713. The van der Waals surface area contributed by atoms with Crippen molar-refractivity contribution in [1.29, 1.82) is 0 Å². The maximum Gasteiger partial charge on any atom is 0.226 e. The molecule has 2 N–H and O–H groups in total. The zero-order chi connectivity index (χ0) is 11.1. The monoisotopic (exact) mass is 210 g/mol. The average molecular weight is 210 g/mol. The summed E-state index contributed by atoms with van der Waals surface area (Å²) in [6.45, 7) is 5.04. The molecule has 2 rings (SSSR count). The van der Waals surface area contributed by atoms with Crippen LogP contribution in [0, 0.1) is 5.92 Å². The fourth-order valence-corrected chi connectivity index (χ4v) is 2.90. The van der Waals surface area contributed by atoms with Gasteiger partial charge >= 0.3 is 0 Å². The Morgan fingerprint density at radius 3 is 2.33 bits per heavy atom. The van der Waals surface area contributed by atoms with Gasteiger partial charge in [0.2, 0.25) is 5.91 Å². The summed E-state index contributed by atoms with van der Waals surface area (Å²) in [5, 5.41) is 0. The average Bonchev–Trinajstić information content (AvgIpc) is 2.76. The summed E-state index contributed by atoms with van der Waals surface area (Å²) in [5.74, 6) is 0.639. The number of nitrogens with two attached hydrogens (primary N) is 1. The van der Waals surface area contributed by atoms with Crippen LogP contribution in [0.25, 0.3) is 0 Å². The van der Waals surface area contributed by atoms with Crippen molar-refractivity contribution in [3.8, 4) is 0 Å². The lowest BCUT2D eigenvalue weighted by atomic mass is 9.95. The number of hydrogen-bond donors (Lipinski definition) is 1. The number of hydrogen-bond acceptors (Lipinski definition) is 2. The second kappa shape index (κ2) is 3.78. The summed E-state index contributed by atoms with van der Waals surface area (Å²) < 4.78 is 0. The van der Waals surface area contributed by atoms with Gasteiger partial charge in [-0.1, -0.05) is 12.8 Å². The number of rotatable bonds is 1. The Morgan fingerprint density at radius 1 is 1.27 bits per heavy atom. The second-order valence-corrected chi connectivity index (χ2v) is 5.52. The molecule has 15 heavy (non-hydrogen) atoms. The van der Waals surface area contributed by atoms with Gasteiger partial charge in [0.25, 0.3) is 0 Å². The first-order chi connectivity index (χ1) is 7.03. The zero-order valence-electron chi connectivity index (χ0n) is 9.83. The van der Waals surface area contributed by atoms with Gasteiger partial charge in [-0.3, -0.25) is 4.79 Å². The van der Waals surface area contributed by atoms with Gasteiger partial charge in [0.1, 0.15) is 0 Å². The van der Waals surface area contributed by atoms with Crippen molar-refractivity contribution >= 4 is 5.91 Å². The Hall–Kier alpha value is -0.570. The number of carbonyl (C=O) groups is 1. The van der Waals surface area contributed by atoms with E-state index in [1.54, 1.807) is 0 Å². The molecule has 2 fully saturated rings. The highest BCUT2D eigenvalue weighted by molar-refractivity contribution is 5.80. The molecule has 1 atom stereocenters. The molecule has 1 aliphatic heterocycles. The molecule has 0 bridgehead atoms. The van der Waals surface area contributed by atoms with Crippen LogP contribution in [0.15, 0.2) is 0 Å².